The van der Waals surface area contributed by atoms with E-state index in [1.807, 2.05) is 6.07 Å². The summed E-state index contributed by atoms with van der Waals surface area (Å²) in [5.41, 5.74) is 0.878. The highest BCUT2D eigenvalue weighted by molar-refractivity contribution is 6.30. The SMILES string of the molecule is C[C@@H](NC(=O)N(C)Cc1cccc(Cl)c1)C(=O)O. The predicted molar refractivity (Wildman–Crippen MR) is 68.5 cm³/mol. The maximum Gasteiger partial charge on any atom is 0.325 e. The van der Waals surface area contributed by atoms with E-state index >= 15 is 0 Å². The molecule has 2 amide bonds. The van der Waals surface area contributed by atoms with E-state index in [0.717, 1.165) is 5.56 Å². The Morgan fingerprint density at radius 1 is 1.50 bits per heavy atom. The molecule has 0 saturated heterocycles. The molecule has 0 aliphatic rings. The predicted octanol–water partition coefficient (Wildman–Crippen LogP) is 1.95. The summed E-state index contributed by atoms with van der Waals surface area (Å²) in [6, 6.07) is 5.78. The largest absolute Gasteiger partial charge is 0.480 e. The van der Waals surface area contributed by atoms with Crippen LogP contribution in [0.2, 0.25) is 5.02 Å². The van der Waals surface area contributed by atoms with Gasteiger partial charge in [-0.2, -0.15) is 0 Å². The third kappa shape index (κ3) is 4.25. The van der Waals surface area contributed by atoms with Crippen molar-refractivity contribution >= 4 is 23.6 Å². The highest BCUT2D eigenvalue weighted by Crippen LogP contribution is 2.12. The quantitative estimate of drug-likeness (QED) is 0.879. The standard InChI is InChI=1S/C12H15ClN2O3/c1-8(11(16)17)14-12(18)15(2)7-9-4-3-5-10(13)6-9/h3-6,8H,7H2,1-2H3,(H,14,18)(H,16,17)/t8-/m1/s1. The third-order valence-corrected chi connectivity index (χ3v) is 2.60. The van der Waals surface area contributed by atoms with Crippen LogP contribution in [0.1, 0.15) is 12.5 Å². The number of nitrogens with zero attached hydrogens (tertiary/aromatic N) is 1. The van der Waals surface area contributed by atoms with Gasteiger partial charge in [0.25, 0.3) is 0 Å². The average Bonchev–Trinajstić information content (AvgIpc) is 2.28. The topological polar surface area (TPSA) is 69.6 Å². The molecule has 0 spiro atoms. The van der Waals surface area contributed by atoms with Gasteiger partial charge in [0.15, 0.2) is 0 Å². The molecule has 0 unspecified atom stereocenters. The first kappa shape index (κ1) is 14.3. The Kier molecular flexibility index (Phi) is 4.97. The van der Waals surface area contributed by atoms with Crippen LogP contribution in [0.25, 0.3) is 0 Å². The second-order valence-corrected chi connectivity index (χ2v) is 4.43. The molecule has 6 heteroatoms. The van der Waals surface area contributed by atoms with E-state index < -0.39 is 18.0 Å². The van der Waals surface area contributed by atoms with Crippen LogP contribution < -0.4 is 5.32 Å². The molecular weight excluding hydrogens is 256 g/mol. The van der Waals surface area contributed by atoms with Gasteiger partial charge < -0.3 is 15.3 Å². The lowest BCUT2D eigenvalue weighted by Gasteiger charge is -2.19. The van der Waals surface area contributed by atoms with Crippen molar-refractivity contribution < 1.29 is 14.7 Å². The van der Waals surface area contributed by atoms with Gasteiger partial charge in [0, 0.05) is 18.6 Å². The molecule has 0 aliphatic carbocycles. The first-order valence-corrected chi connectivity index (χ1v) is 5.77. The van der Waals surface area contributed by atoms with E-state index in [9.17, 15) is 9.59 Å². The molecule has 0 fully saturated rings. The molecule has 0 heterocycles. The van der Waals surface area contributed by atoms with Crippen LogP contribution >= 0.6 is 11.6 Å². The van der Waals surface area contributed by atoms with Crippen LogP contribution in [0.4, 0.5) is 4.79 Å². The summed E-state index contributed by atoms with van der Waals surface area (Å²) in [7, 11) is 1.59. The normalized spacial score (nSPS) is 11.7. The van der Waals surface area contributed by atoms with Crippen molar-refractivity contribution in [3.8, 4) is 0 Å². The van der Waals surface area contributed by atoms with Crippen LogP contribution in [0.5, 0.6) is 0 Å². The Morgan fingerprint density at radius 2 is 2.17 bits per heavy atom. The van der Waals surface area contributed by atoms with Crippen LogP contribution in [-0.2, 0) is 11.3 Å². The second-order valence-electron chi connectivity index (χ2n) is 4.00. The van der Waals surface area contributed by atoms with Crippen LogP contribution in [0.3, 0.4) is 0 Å². The number of carbonyl (C=O) groups is 2. The van der Waals surface area contributed by atoms with Gasteiger partial charge in [-0.05, 0) is 24.6 Å². The number of rotatable bonds is 4. The molecule has 0 bridgehead atoms. The molecule has 98 valence electrons. The highest BCUT2D eigenvalue weighted by Gasteiger charge is 2.16. The monoisotopic (exact) mass is 270 g/mol. The Labute approximate surface area is 110 Å². The van der Waals surface area contributed by atoms with E-state index in [2.05, 4.69) is 5.32 Å². The number of carboxylic acid groups (broad SMARTS) is 1. The molecule has 1 aromatic rings. The molecule has 0 aromatic heterocycles. The van der Waals surface area contributed by atoms with Gasteiger partial charge in [-0.1, -0.05) is 23.7 Å². The van der Waals surface area contributed by atoms with Crippen molar-refractivity contribution in [3.63, 3.8) is 0 Å². The first-order valence-electron chi connectivity index (χ1n) is 5.39. The summed E-state index contributed by atoms with van der Waals surface area (Å²) in [5, 5.41) is 11.7. The van der Waals surface area contributed by atoms with Crippen molar-refractivity contribution in [2.75, 3.05) is 7.05 Å². The fourth-order valence-corrected chi connectivity index (χ4v) is 1.55. The lowest BCUT2D eigenvalue weighted by Crippen LogP contribution is -2.44. The van der Waals surface area contributed by atoms with Crippen LogP contribution in [0.15, 0.2) is 24.3 Å². The summed E-state index contributed by atoms with van der Waals surface area (Å²) >= 11 is 5.84. The minimum absolute atomic E-state index is 0.360. The fraction of sp³-hybridized carbons (Fsp3) is 0.333. The lowest BCUT2D eigenvalue weighted by atomic mass is 10.2. The van der Waals surface area contributed by atoms with Gasteiger partial charge in [-0.25, -0.2) is 4.79 Å². The molecule has 0 aliphatic heterocycles. The molecule has 5 nitrogen and oxygen atoms in total. The highest BCUT2D eigenvalue weighted by atomic mass is 35.5. The van der Waals surface area contributed by atoms with Crippen molar-refractivity contribution in [1.82, 2.24) is 10.2 Å². The zero-order valence-corrected chi connectivity index (χ0v) is 10.9. The van der Waals surface area contributed by atoms with Crippen molar-refractivity contribution in [2.24, 2.45) is 0 Å². The molecular formula is C12H15ClN2O3. The molecule has 2 N–H and O–H groups in total. The van der Waals surface area contributed by atoms with Crippen molar-refractivity contribution in [2.45, 2.75) is 19.5 Å². The number of carboxylic acids is 1. The Bertz CT molecular complexity index is 451. The number of amides is 2. The third-order valence-electron chi connectivity index (χ3n) is 2.37. The lowest BCUT2D eigenvalue weighted by molar-refractivity contribution is -0.138. The molecule has 0 radical (unpaired) electrons. The van der Waals surface area contributed by atoms with Gasteiger partial charge >= 0.3 is 12.0 Å². The zero-order valence-electron chi connectivity index (χ0n) is 10.2. The summed E-state index contributed by atoms with van der Waals surface area (Å²) < 4.78 is 0. The maximum atomic E-state index is 11.7. The number of hydrogen-bond donors (Lipinski definition) is 2. The summed E-state index contributed by atoms with van der Waals surface area (Å²) in [6.45, 7) is 1.77. The van der Waals surface area contributed by atoms with E-state index in [-0.39, 0.29) is 0 Å². The molecule has 18 heavy (non-hydrogen) atoms. The number of hydrogen-bond acceptors (Lipinski definition) is 2. The van der Waals surface area contributed by atoms with Crippen molar-refractivity contribution in [3.05, 3.63) is 34.9 Å². The number of nitrogens with one attached hydrogen (secondary N) is 1. The second kappa shape index (κ2) is 6.26. The Morgan fingerprint density at radius 3 is 2.72 bits per heavy atom. The van der Waals surface area contributed by atoms with Gasteiger partial charge in [-0.15, -0.1) is 0 Å². The molecule has 1 atom stereocenters. The minimum Gasteiger partial charge on any atom is -0.480 e. The van der Waals surface area contributed by atoms with Crippen LogP contribution in [0, 0.1) is 0 Å². The number of aliphatic carboxylic acids is 1. The summed E-state index contributed by atoms with van der Waals surface area (Å²) in [5.74, 6) is -1.07. The number of carbonyl (C=O) groups excluding carboxylic acids is 1. The summed E-state index contributed by atoms with van der Waals surface area (Å²) in [6.07, 6.45) is 0. The molecule has 1 rings (SSSR count). The number of urea groups is 1. The van der Waals surface area contributed by atoms with Gasteiger partial charge in [-0.3, -0.25) is 4.79 Å². The molecule has 1 aromatic carbocycles. The van der Waals surface area contributed by atoms with Crippen LogP contribution in [-0.4, -0.2) is 35.1 Å². The first-order chi connectivity index (χ1) is 8.40. The number of benzene rings is 1. The van der Waals surface area contributed by atoms with E-state index in [1.54, 1.807) is 25.2 Å². The molecule has 0 saturated carbocycles. The zero-order chi connectivity index (χ0) is 13.7. The smallest absolute Gasteiger partial charge is 0.325 e. The van der Waals surface area contributed by atoms with E-state index in [0.29, 0.717) is 11.6 Å². The average molecular weight is 271 g/mol. The Hall–Kier alpha value is -1.75. The minimum atomic E-state index is -1.07. The van der Waals surface area contributed by atoms with Crippen molar-refractivity contribution in [1.29, 1.82) is 0 Å². The van der Waals surface area contributed by atoms with Gasteiger partial charge in [0.05, 0.1) is 0 Å². The maximum absolute atomic E-state index is 11.7. The fourth-order valence-electron chi connectivity index (χ4n) is 1.34. The Balaban J connectivity index is 2.57. The van der Waals surface area contributed by atoms with Gasteiger partial charge in [0.2, 0.25) is 0 Å². The summed E-state index contributed by atoms with van der Waals surface area (Å²) in [4.78, 5) is 23.7. The van der Waals surface area contributed by atoms with E-state index in [4.69, 9.17) is 16.7 Å². The van der Waals surface area contributed by atoms with E-state index in [1.165, 1.54) is 11.8 Å². The number of halogens is 1. The van der Waals surface area contributed by atoms with Gasteiger partial charge in [0.1, 0.15) is 6.04 Å².